The molecule has 0 heterocycles. The average Bonchev–Trinajstić information content (AvgIpc) is 2.98. The Hall–Kier alpha value is -1.16. The van der Waals surface area contributed by atoms with E-state index in [1.165, 1.54) is 12.1 Å². The van der Waals surface area contributed by atoms with Gasteiger partial charge in [-0.2, -0.15) is 0 Å². The summed E-state index contributed by atoms with van der Waals surface area (Å²) in [5, 5.41) is 0. The number of hydrogen-bond donors (Lipinski definition) is 1. The molecule has 0 aromatic heterocycles. The number of hydrogen-bond acceptors (Lipinski definition) is 2. The van der Waals surface area contributed by atoms with Crippen LogP contribution < -0.4 is 10.6 Å². The van der Waals surface area contributed by atoms with Gasteiger partial charge in [0.2, 0.25) is 0 Å². The molecule has 100 valence electrons. The van der Waals surface area contributed by atoms with E-state index in [9.17, 15) is 8.78 Å². The molecular weight excluding hydrogens is 234 g/mol. The highest BCUT2D eigenvalue weighted by atomic mass is 19.1. The number of benzene rings is 1. The van der Waals surface area contributed by atoms with Gasteiger partial charge in [0.15, 0.2) is 0 Å². The van der Waals surface area contributed by atoms with E-state index in [4.69, 9.17) is 5.73 Å². The van der Waals surface area contributed by atoms with Crippen molar-refractivity contribution in [2.24, 2.45) is 11.7 Å². The summed E-state index contributed by atoms with van der Waals surface area (Å²) in [6.07, 6.45) is 2.81. The fourth-order valence-electron chi connectivity index (χ4n) is 2.25. The molecule has 2 N–H and O–H groups in total. The molecule has 0 bridgehead atoms. The van der Waals surface area contributed by atoms with Crippen molar-refractivity contribution < 1.29 is 8.78 Å². The molecule has 18 heavy (non-hydrogen) atoms. The van der Waals surface area contributed by atoms with Crippen LogP contribution in [0, 0.1) is 17.6 Å². The van der Waals surface area contributed by atoms with Crippen molar-refractivity contribution >= 4 is 5.69 Å². The molecule has 1 fully saturated rings. The van der Waals surface area contributed by atoms with Crippen LogP contribution in [0.25, 0.3) is 0 Å². The number of nitrogens with zero attached hydrogens (tertiary/aromatic N) is 1. The molecule has 1 aliphatic rings. The molecule has 1 aromatic rings. The molecule has 0 saturated heterocycles. The first-order valence-corrected chi connectivity index (χ1v) is 6.42. The Morgan fingerprint density at radius 2 is 1.89 bits per heavy atom. The molecule has 1 aromatic carbocycles. The molecule has 0 amide bonds. The molecule has 1 unspecified atom stereocenters. The van der Waals surface area contributed by atoms with Gasteiger partial charge in [0.05, 0.1) is 0 Å². The first-order chi connectivity index (χ1) is 8.47. The molecule has 2 rings (SSSR count). The first-order valence-electron chi connectivity index (χ1n) is 6.42. The third-order valence-corrected chi connectivity index (χ3v) is 3.25. The zero-order valence-electron chi connectivity index (χ0n) is 10.9. The highest BCUT2D eigenvalue weighted by Gasteiger charge is 2.25. The lowest BCUT2D eigenvalue weighted by Gasteiger charge is -2.21. The Labute approximate surface area is 107 Å². The second-order valence-corrected chi connectivity index (χ2v) is 5.41. The lowest BCUT2D eigenvalue weighted by Crippen LogP contribution is -2.23. The molecule has 2 nitrogen and oxygen atoms in total. The van der Waals surface area contributed by atoms with Crippen molar-refractivity contribution in [1.29, 1.82) is 0 Å². The summed E-state index contributed by atoms with van der Waals surface area (Å²) >= 11 is 0. The monoisotopic (exact) mass is 254 g/mol. The van der Waals surface area contributed by atoms with Crippen LogP contribution in [0.4, 0.5) is 14.5 Å². The van der Waals surface area contributed by atoms with Gasteiger partial charge in [0.1, 0.15) is 17.3 Å². The van der Waals surface area contributed by atoms with Crippen LogP contribution in [-0.4, -0.2) is 19.6 Å². The Morgan fingerprint density at radius 3 is 2.33 bits per heavy atom. The zero-order valence-corrected chi connectivity index (χ0v) is 10.9. The Bertz CT molecular complexity index is 405. The summed E-state index contributed by atoms with van der Waals surface area (Å²) < 4.78 is 27.9. The first kappa shape index (κ1) is 13.3. The van der Waals surface area contributed by atoms with E-state index in [1.807, 2.05) is 6.92 Å². The smallest absolute Gasteiger partial charge is 0.149 e. The van der Waals surface area contributed by atoms with E-state index in [1.54, 1.807) is 11.9 Å². The van der Waals surface area contributed by atoms with Crippen LogP contribution in [0.5, 0.6) is 0 Å². The maximum absolute atomic E-state index is 14.0. The maximum atomic E-state index is 14.0. The molecular formula is C14H20F2N2. The Morgan fingerprint density at radius 1 is 1.33 bits per heavy atom. The minimum absolute atomic E-state index is 0.0790. The summed E-state index contributed by atoms with van der Waals surface area (Å²) in [7, 11) is 1.74. The Kier molecular flexibility index (Phi) is 3.85. The van der Waals surface area contributed by atoms with Gasteiger partial charge in [0.25, 0.3) is 0 Å². The number of anilines is 1. The normalized spacial score (nSPS) is 16.7. The van der Waals surface area contributed by atoms with Gasteiger partial charge in [0, 0.05) is 19.6 Å². The van der Waals surface area contributed by atoms with Crippen molar-refractivity contribution in [3.63, 3.8) is 0 Å². The molecule has 0 radical (unpaired) electrons. The summed E-state index contributed by atoms with van der Waals surface area (Å²) in [5.41, 5.74) is 6.33. The predicted octanol–water partition coefficient (Wildman–Crippen LogP) is 2.70. The van der Waals surface area contributed by atoms with Crippen LogP contribution in [0.3, 0.4) is 0 Å². The topological polar surface area (TPSA) is 29.3 Å². The van der Waals surface area contributed by atoms with E-state index in [0.717, 1.165) is 19.4 Å². The molecule has 1 saturated carbocycles. The van der Waals surface area contributed by atoms with Gasteiger partial charge in [-0.15, -0.1) is 0 Å². The van der Waals surface area contributed by atoms with Crippen LogP contribution >= 0.6 is 0 Å². The summed E-state index contributed by atoms with van der Waals surface area (Å²) in [6.45, 7) is 2.55. The molecule has 4 heteroatoms. The molecule has 0 spiro atoms. The van der Waals surface area contributed by atoms with Crippen molar-refractivity contribution in [2.45, 2.75) is 32.2 Å². The third kappa shape index (κ3) is 3.19. The van der Waals surface area contributed by atoms with Gasteiger partial charge in [-0.1, -0.05) is 0 Å². The standard InChI is InChI=1S/C14H20F2N2/c1-9(17)5-11-6-12(15)14(13(16)7-11)18(2)8-10-3-4-10/h6-7,9-10H,3-5,8,17H2,1-2H3. The second-order valence-electron chi connectivity index (χ2n) is 5.41. The lowest BCUT2D eigenvalue weighted by molar-refractivity contribution is 0.568. The molecule has 0 aliphatic heterocycles. The zero-order chi connectivity index (χ0) is 13.3. The van der Waals surface area contributed by atoms with Crippen molar-refractivity contribution in [1.82, 2.24) is 0 Å². The SMILES string of the molecule is CC(N)Cc1cc(F)c(N(C)CC2CC2)c(F)c1. The quantitative estimate of drug-likeness (QED) is 0.875. The van der Waals surface area contributed by atoms with Gasteiger partial charge < -0.3 is 10.6 Å². The van der Waals surface area contributed by atoms with E-state index in [-0.39, 0.29) is 11.7 Å². The average molecular weight is 254 g/mol. The molecule has 1 aliphatic carbocycles. The van der Waals surface area contributed by atoms with Crippen LogP contribution in [0.2, 0.25) is 0 Å². The van der Waals surface area contributed by atoms with E-state index in [0.29, 0.717) is 17.9 Å². The van der Waals surface area contributed by atoms with Crippen LogP contribution in [0.15, 0.2) is 12.1 Å². The minimum Gasteiger partial charge on any atom is -0.370 e. The highest BCUT2D eigenvalue weighted by molar-refractivity contribution is 5.50. The van der Waals surface area contributed by atoms with E-state index >= 15 is 0 Å². The largest absolute Gasteiger partial charge is 0.370 e. The third-order valence-electron chi connectivity index (χ3n) is 3.25. The minimum atomic E-state index is -0.492. The maximum Gasteiger partial charge on any atom is 0.149 e. The van der Waals surface area contributed by atoms with Crippen LogP contribution in [-0.2, 0) is 6.42 Å². The lowest BCUT2D eigenvalue weighted by atomic mass is 10.1. The van der Waals surface area contributed by atoms with Crippen molar-refractivity contribution in [3.05, 3.63) is 29.3 Å². The number of halogens is 2. The number of nitrogens with two attached hydrogens (primary N) is 1. The van der Waals surface area contributed by atoms with Gasteiger partial charge in [-0.3, -0.25) is 0 Å². The van der Waals surface area contributed by atoms with Crippen molar-refractivity contribution in [2.75, 3.05) is 18.5 Å². The van der Waals surface area contributed by atoms with E-state index in [2.05, 4.69) is 0 Å². The Balaban J connectivity index is 2.19. The summed E-state index contributed by atoms with van der Waals surface area (Å²) in [6, 6.07) is 2.69. The van der Waals surface area contributed by atoms with Crippen LogP contribution in [0.1, 0.15) is 25.3 Å². The molecule has 1 atom stereocenters. The van der Waals surface area contributed by atoms with Gasteiger partial charge >= 0.3 is 0 Å². The highest BCUT2D eigenvalue weighted by Crippen LogP contribution is 2.32. The second kappa shape index (κ2) is 5.22. The van der Waals surface area contributed by atoms with Gasteiger partial charge in [-0.05, 0) is 49.8 Å². The fraction of sp³-hybridized carbons (Fsp3) is 0.571. The summed E-state index contributed by atoms with van der Waals surface area (Å²) in [5.74, 6) is -0.389. The summed E-state index contributed by atoms with van der Waals surface area (Å²) in [4.78, 5) is 1.68. The predicted molar refractivity (Wildman–Crippen MR) is 69.7 cm³/mol. The fourth-order valence-corrected chi connectivity index (χ4v) is 2.25. The number of rotatable bonds is 5. The van der Waals surface area contributed by atoms with E-state index < -0.39 is 11.6 Å². The van der Waals surface area contributed by atoms with Gasteiger partial charge in [-0.25, -0.2) is 8.78 Å². The van der Waals surface area contributed by atoms with Crippen molar-refractivity contribution in [3.8, 4) is 0 Å².